The van der Waals surface area contributed by atoms with Crippen molar-refractivity contribution in [2.45, 2.75) is 25.8 Å². The maximum Gasteiger partial charge on any atom is 0.0607 e. The maximum atomic E-state index is 9.02. The van der Waals surface area contributed by atoms with E-state index in [9.17, 15) is 0 Å². The zero-order valence-electron chi connectivity index (χ0n) is 9.12. The van der Waals surface area contributed by atoms with Crippen molar-refractivity contribution in [2.75, 3.05) is 13.2 Å². The van der Waals surface area contributed by atoms with Crippen molar-refractivity contribution in [3.63, 3.8) is 0 Å². The van der Waals surface area contributed by atoms with Crippen LogP contribution in [0.5, 0.6) is 0 Å². The fraction of sp³-hybridized carbons (Fsp3) is 0.700. The van der Waals surface area contributed by atoms with Crippen molar-refractivity contribution < 1.29 is 5.11 Å². The first-order valence-corrected chi connectivity index (χ1v) is 4.87. The van der Waals surface area contributed by atoms with Gasteiger partial charge in [0.1, 0.15) is 0 Å². The van der Waals surface area contributed by atoms with Crippen LogP contribution in [0.15, 0.2) is 12.4 Å². The molecule has 0 radical (unpaired) electrons. The highest BCUT2D eigenvalue weighted by Crippen LogP contribution is 2.01. The van der Waals surface area contributed by atoms with Crippen LogP contribution in [0, 0.1) is 0 Å². The molecule has 4 nitrogen and oxygen atoms in total. The molecule has 0 amide bonds. The van der Waals surface area contributed by atoms with E-state index < -0.39 is 0 Å². The molecule has 0 unspecified atom stereocenters. The number of aliphatic hydroxyl groups excluding tert-OH is 1. The highest BCUT2D eigenvalue weighted by molar-refractivity contribution is 5.04. The average molecular weight is 197 g/mol. The van der Waals surface area contributed by atoms with Gasteiger partial charge in [0.25, 0.3) is 0 Å². The van der Waals surface area contributed by atoms with E-state index >= 15 is 0 Å². The third kappa shape index (κ3) is 3.47. The zero-order chi connectivity index (χ0) is 10.6. The second kappa shape index (κ2) is 4.57. The van der Waals surface area contributed by atoms with Gasteiger partial charge in [-0.25, -0.2) is 0 Å². The van der Waals surface area contributed by atoms with E-state index in [0.29, 0.717) is 0 Å². The Bertz CT molecular complexity index is 281. The first-order valence-electron chi connectivity index (χ1n) is 4.87. The first-order chi connectivity index (χ1) is 6.53. The Labute approximate surface area is 84.9 Å². The van der Waals surface area contributed by atoms with E-state index in [4.69, 9.17) is 5.11 Å². The lowest BCUT2D eigenvalue weighted by Crippen LogP contribution is -2.43. The Hall–Kier alpha value is -0.870. The number of nitrogens with zero attached hydrogens (tertiary/aromatic N) is 2. The molecule has 0 bridgehead atoms. The van der Waals surface area contributed by atoms with Crippen molar-refractivity contribution in [1.29, 1.82) is 0 Å². The lowest BCUT2D eigenvalue weighted by atomic mass is 10.1. The zero-order valence-corrected chi connectivity index (χ0v) is 9.12. The molecule has 0 aliphatic rings. The minimum Gasteiger partial charge on any atom is -0.394 e. The number of hydrogen-bond acceptors (Lipinski definition) is 3. The number of aliphatic hydroxyl groups is 1. The Kier molecular flexibility index (Phi) is 3.66. The van der Waals surface area contributed by atoms with Gasteiger partial charge >= 0.3 is 0 Å². The van der Waals surface area contributed by atoms with Gasteiger partial charge < -0.3 is 10.4 Å². The van der Waals surface area contributed by atoms with Gasteiger partial charge in [-0.2, -0.15) is 5.10 Å². The van der Waals surface area contributed by atoms with E-state index in [1.165, 1.54) is 5.56 Å². The van der Waals surface area contributed by atoms with Crippen LogP contribution in [-0.2, 0) is 13.5 Å². The van der Waals surface area contributed by atoms with Crippen molar-refractivity contribution in [2.24, 2.45) is 7.05 Å². The summed E-state index contributed by atoms with van der Waals surface area (Å²) in [6.45, 7) is 4.98. The summed E-state index contributed by atoms with van der Waals surface area (Å²) < 4.78 is 1.80. The van der Waals surface area contributed by atoms with Crippen LogP contribution in [0.2, 0.25) is 0 Å². The number of aryl methyl sites for hydroxylation is 1. The Morgan fingerprint density at radius 1 is 1.57 bits per heavy atom. The molecule has 80 valence electrons. The third-order valence-corrected chi connectivity index (χ3v) is 2.17. The van der Waals surface area contributed by atoms with Crippen molar-refractivity contribution in [3.05, 3.63) is 18.0 Å². The molecule has 0 saturated carbocycles. The number of hydrogen-bond donors (Lipinski definition) is 2. The SMILES string of the molecule is Cn1cc(CCNC(C)(C)CO)cn1. The van der Waals surface area contributed by atoms with E-state index in [-0.39, 0.29) is 12.1 Å². The predicted molar refractivity (Wildman–Crippen MR) is 56.1 cm³/mol. The van der Waals surface area contributed by atoms with Gasteiger partial charge in [0.15, 0.2) is 0 Å². The first kappa shape index (κ1) is 11.2. The fourth-order valence-corrected chi connectivity index (χ4v) is 1.20. The van der Waals surface area contributed by atoms with Crippen LogP contribution < -0.4 is 5.32 Å². The normalized spacial score (nSPS) is 12.0. The second-order valence-electron chi connectivity index (χ2n) is 4.24. The molecule has 0 spiro atoms. The summed E-state index contributed by atoms with van der Waals surface area (Å²) in [5.74, 6) is 0. The van der Waals surface area contributed by atoms with Gasteiger partial charge in [-0.05, 0) is 32.4 Å². The van der Waals surface area contributed by atoms with Crippen LogP contribution in [0.4, 0.5) is 0 Å². The maximum absolute atomic E-state index is 9.02. The molecule has 1 heterocycles. The second-order valence-corrected chi connectivity index (χ2v) is 4.24. The third-order valence-electron chi connectivity index (χ3n) is 2.17. The summed E-state index contributed by atoms with van der Waals surface area (Å²) in [7, 11) is 1.91. The summed E-state index contributed by atoms with van der Waals surface area (Å²) in [6, 6.07) is 0. The summed E-state index contributed by atoms with van der Waals surface area (Å²) >= 11 is 0. The average Bonchev–Trinajstić information content (AvgIpc) is 2.51. The molecule has 0 aliphatic heterocycles. The number of aromatic nitrogens is 2. The monoisotopic (exact) mass is 197 g/mol. The molecular weight excluding hydrogens is 178 g/mol. The quantitative estimate of drug-likeness (QED) is 0.715. The molecule has 0 aromatic carbocycles. The molecular formula is C10H19N3O. The smallest absolute Gasteiger partial charge is 0.0607 e. The van der Waals surface area contributed by atoms with E-state index in [2.05, 4.69) is 10.4 Å². The molecule has 0 fully saturated rings. The molecule has 14 heavy (non-hydrogen) atoms. The van der Waals surface area contributed by atoms with Crippen LogP contribution >= 0.6 is 0 Å². The van der Waals surface area contributed by atoms with Crippen LogP contribution in [0.25, 0.3) is 0 Å². The Balaban J connectivity index is 2.28. The summed E-state index contributed by atoms with van der Waals surface area (Å²) in [5, 5.41) is 16.4. The Morgan fingerprint density at radius 2 is 2.29 bits per heavy atom. The molecule has 0 atom stereocenters. The molecule has 0 saturated heterocycles. The molecule has 1 rings (SSSR count). The predicted octanol–water partition coefficient (Wildman–Crippen LogP) is 0.323. The molecule has 1 aromatic rings. The standard InChI is InChI=1S/C10H19N3O/c1-10(2,8-14)11-5-4-9-6-12-13(3)7-9/h6-7,11,14H,4-5,8H2,1-3H3. The topological polar surface area (TPSA) is 50.1 Å². The van der Waals surface area contributed by atoms with Gasteiger partial charge in [-0.3, -0.25) is 4.68 Å². The highest BCUT2D eigenvalue weighted by Gasteiger charge is 2.14. The van der Waals surface area contributed by atoms with Crippen LogP contribution in [0.3, 0.4) is 0 Å². The Morgan fingerprint density at radius 3 is 2.79 bits per heavy atom. The van der Waals surface area contributed by atoms with E-state index in [0.717, 1.165) is 13.0 Å². The molecule has 0 aliphatic carbocycles. The molecule has 2 N–H and O–H groups in total. The van der Waals surface area contributed by atoms with Crippen molar-refractivity contribution >= 4 is 0 Å². The highest BCUT2D eigenvalue weighted by atomic mass is 16.3. The van der Waals surface area contributed by atoms with Crippen LogP contribution in [-0.4, -0.2) is 33.6 Å². The van der Waals surface area contributed by atoms with Gasteiger partial charge in [0, 0.05) is 18.8 Å². The van der Waals surface area contributed by atoms with E-state index in [1.807, 2.05) is 33.3 Å². The largest absolute Gasteiger partial charge is 0.394 e. The lowest BCUT2D eigenvalue weighted by molar-refractivity contribution is 0.189. The summed E-state index contributed by atoms with van der Waals surface area (Å²) in [6.07, 6.45) is 4.82. The summed E-state index contributed by atoms with van der Waals surface area (Å²) in [5.41, 5.74) is 1.02. The van der Waals surface area contributed by atoms with Crippen LogP contribution in [0.1, 0.15) is 19.4 Å². The van der Waals surface area contributed by atoms with Gasteiger partial charge in [-0.1, -0.05) is 0 Å². The van der Waals surface area contributed by atoms with Crippen molar-refractivity contribution in [3.8, 4) is 0 Å². The number of nitrogens with one attached hydrogen (secondary N) is 1. The van der Waals surface area contributed by atoms with E-state index in [1.54, 1.807) is 4.68 Å². The summed E-state index contributed by atoms with van der Waals surface area (Å²) in [4.78, 5) is 0. The lowest BCUT2D eigenvalue weighted by Gasteiger charge is -2.23. The number of rotatable bonds is 5. The minimum absolute atomic E-state index is 0.153. The molecule has 1 aromatic heterocycles. The fourth-order valence-electron chi connectivity index (χ4n) is 1.20. The van der Waals surface area contributed by atoms with Gasteiger partial charge in [0.05, 0.1) is 12.8 Å². The minimum atomic E-state index is -0.192. The van der Waals surface area contributed by atoms with Gasteiger partial charge in [0.2, 0.25) is 0 Å². The van der Waals surface area contributed by atoms with Crippen molar-refractivity contribution in [1.82, 2.24) is 15.1 Å². The molecule has 4 heteroatoms. The van der Waals surface area contributed by atoms with Gasteiger partial charge in [-0.15, -0.1) is 0 Å².